The Hall–Kier alpha value is -1.92. The number of hydrogen-bond acceptors (Lipinski definition) is 7. The summed E-state index contributed by atoms with van der Waals surface area (Å²) < 4.78 is 15.5. The van der Waals surface area contributed by atoms with Crippen LogP contribution >= 0.6 is 0 Å². The summed E-state index contributed by atoms with van der Waals surface area (Å²) in [7, 11) is 1.24. The quantitative estimate of drug-likeness (QED) is 0.395. The normalized spacial score (nSPS) is 40.9. The first-order valence-corrected chi connectivity index (χ1v) is 13.4. The molecule has 4 rings (SSSR count). The Bertz CT molecular complexity index is 867. The van der Waals surface area contributed by atoms with Crippen LogP contribution < -0.4 is 0 Å². The van der Waals surface area contributed by atoms with Gasteiger partial charge in [0.2, 0.25) is 6.10 Å². The summed E-state index contributed by atoms with van der Waals surface area (Å²) in [4.78, 5) is 48.6. The average Bonchev–Trinajstić information content (AvgIpc) is 3.15. The number of methoxy groups -OCH3 is 1. The van der Waals surface area contributed by atoms with Crippen molar-refractivity contribution in [2.45, 2.75) is 104 Å². The molecule has 1 unspecified atom stereocenters. The minimum Gasteiger partial charge on any atom is -0.466 e. The third kappa shape index (κ3) is 4.76. The molecule has 4 aliphatic carbocycles. The molecule has 7 nitrogen and oxygen atoms in total. The fraction of sp³-hybridized carbons (Fsp3) is 0.857. The van der Waals surface area contributed by atoms with Crippen LogP contribution in [0, 0.1) is 40.4 Å². The SMILES string of the molecule is COC(=O)C(CC(=O)[C@H]1CC[C@H]2[C@@H]3CC[C@H]4C[C@@H](OC(C)=O)CC[C@]4(C)[C@H]3CC[C@]12C)OC(C)=O. The topological polar surface area (TPSA) is 96.0 Å². The number of Topliss-reactive ketones (excluding diaryl/α,β-unsaturated/α-hetero) is 1. The standard InChI is InChI=1S/C28H42O7/c1-16(29)34-19-10-12-27(3)18(14-19)6-7-20-21-8-9-23(28(21,4)13-11-22(20)27)24(31)15-25(26(32)33-5)35-17(2)30/h18-23,25H,6-15H2,1-5H3/t18-,19-,20-,21-,22-,23+,25?,27-,28-/m0/s1. The van der Waals surface area contributed by atoms with Crippen molar-refractivity contribution < 1.29 is 33.4 Å². The molecule has 196 valence electrons. The van der Waals surface area contributed by atoms with Gasteiger partial charge in [-0.1, -0.05) is 13.8 Å². The molecule has 0 aromatic rings. The molecule has 0 N–H and O–H groups in total. The molecule has 4 aliphatic rings. The second kappa shape index (κ2) is 9.85. The molecule has 0 aliphatic heterocycles. The zero-order valence-electron chi connectivity index (χ0n) is 22.0. The largest absolute Gasteiger partial charge is 0.466 e. The van der Waals surface area contributed by atoms with Gasteiger partial charge in [-0.05, 0) is 92.3 Å². The van der Waals surface area contributed by atoms with Gasteiger partial charge in [-0.25, -0.2) is 4.79 Å². The summed E-state index contributed by atoms with van der Waals surface area (Å²) in [6.45, 7) is 7.50. The van der Waals surface area contributed by atoms with E-state index in [1.54, 1.807) is 0 Å². The molecule has 35 heavy (non-hydrogen) atoms. The summed E-state index contributed by atoms with van der Waals surface area (Å²) in [5, 5.41) is 0. The Balaban J connectivity index is 1.47. The zero-order chi connectivity index (χ0) is 25.5. The van der Waals surface area contributed by atoms with Crippen LogP contribution in [0.4, 0.5) is 0 Å². The zero-order valence-corrected chi connectivity index (χ0v) is 22.0. The lowest BCUT2D eigenvalue weighted by Gasteiger charge is -2.61. The lowest BCUT2D eigenvalue weighted by Crippen LogP contribution is -2.54. The number of fused-ring (bicyclic) bond motifs is 5. The first-order valence-electron chi connectivity index (χ1n) is 13.4. The van der Waals surface area contributed by atoms with E-state index in [1.807, 2.05) is 0 Å². The van der Waals surface area contributed by atoms with Gasteiger partial charge in [0.25, 0.3) is 0 Å². The Morgan fingerprint density at radius 2 is 1.54 bits per heavy atom. The van der Waals surface area contributed by atoms with Gasteiger partial charge in [-0.2, -0.15) is 0 Å². The second-order valence-corrected chi connectivity index (χ2v) is 12.1. The molecule has 0 heterocycles. The number of carbonyl (C=O) groups is 4. The highest BCUT2D eigenvalue weighted by Crippen LogP contribution is 2.67. The van der Waals surface area contributed by atoms with Crippen molar-refractivity contribution in [3.63, 3.8) is 0 Å². The summed E-state index contributed by atoms with van der Waals surface area (Å²) in [5.41, 5.74) is 0.196. The number of carbonyl (C=O) groups excluding carboxylic acids is 4. The number of ketones is 1. The Morgan fingerprint density at radius 3 is 2.20 bits per heavy atom. The van der Waals surface area contributed by atoms with Crippen molar-refractivity contribution in [2.24, 2.45) is 40.4 Å². The summed E-state index contributed by atoms with van der Waals surface area (Å²) >= 11 is 0. The number of esters is 3. The van der Waals surface area contributed by atoms with E-state index in [9.17, 15) is 19.2 Å². The van der Waals surface area contributed by atoms with Crippen LogP contribution in [0.1, 0.15) is 91.9 Å². The third-order valence-corrected chi connectivity index (χ3v) is 10.5. The average molecular weight is 491 g/mol. The van der Waals surface area contributed by atoms with Gasteiger partial charge in [-0.15, -0.1) is 0 Å². The van der Waals surface area contributed by atoms with Crippen molar-refractivity contribution in [3.8, 4) is 0 Å². The third-order valence-electron chi connectivity index (χ3n) is 10.5. The van der Waals surface area contributed by atoms with Crippen LogP contribution in [0.5, 0.6) is 0 Å². The summed E-state index contributed by atoms with van der Waals surface area (Å²) in [5.74, 6) is 0.835. The van der Waals surface area contributed by atoms with Crippen molar-refractivity contribution >= 4 is 23.7 Å². The predicted octanol–water partition coefficient (Wildman–Crippen LogP) is 4.64. The Morgan fingerprint density at radius 1 is 0.857 bits per heavy atom. The molecule has 4 fully saturated rings. The molecule has 7 heteroatoms. The van der Waals surface area contributed by atoms with E-state index in [-0.39, 0.29) is 41.0 Å². The Kier molecular flexibility index (Phi) is 7.36. The molecule has 9 atom stereocenters. The lowest BCUT2D eigenvalue weighted by atomic mass is 9.44. The fourth-order valence-electron chi connectivity index (χ4n) is 8.92. The molecule has 0 bridgehead atoms. The van der Waals surface area contributed by atoms with Crippen LogP contribution in [0.25, 0.3) is 0 Å². The van der Waals surface area contributed by atoms with Gasteiger partial charge in [0.15, 0.2) is 0 Å². The van der Waals surface area contributed by atoms with Crippen molar-refractivity contribution in [2.75, 3.05) is 7.11 Å². The molecular formula is C28H42O7. The van der Waals surface area contributed by atoms with Crippen LogP contribution in [-0.4, -0.2) is 43.0 Å². The fourth-order valence-corrected chi connectivity index (χ4v) is 8.92. The highest BCUT2D eigenvalue weighted by atomic mass is 16.6. The van der Waals surface area contributed by atoms with Crippen molar-refractivity contribution in [3.05, 3.63) is 0 Å². The van der Waals surface area contributed by atoms with Gasteiger partial charge < -0.3 is 14.2 Å². The van der Waals surface area contributed by atoms with E-state index >= 15 is 0 Å². The molecule has 0 radical (unpaired) electrons. The van der Waals surface area contributed by atoms with Gasteiger partial charge in [0.1, 0.15) is 11.9 Å². The smallest absolute Gasteiger partial charge is 0.347 e. The van der Waals surface area contributed by atoms with Gasteiger partial charge in [0, 0.05) is 19.8 Å². The van der Waals surface area contributed by atoms with Crippen molar-refractivity contribution in [1.82, 2.24) is 0 Å². The van der Waals surface area contributed by atoms with Gasteiger partial charge in [0.05, 0.1) is 13.5 Å². The monoisotopic (exact) mass is 490 g/mol. The maximum atomic E-state index is 13.5. The number of hydrogen-bond donors (Lipinski definition) is 0. The van der Waals surface area contributed by atoms with Crippen molar-refractivity contribution in [1.29, 1.82) is 0 Å². The minimum atomic E-state index is -1.16. The first kappa shape index (κ1) is 26.2. The molecule has 0 amide bonds. The maximum Gasteiger partial charge on any atom is 0.347 e. The van der Waals surface area contributed by atoms with Crippen LogP contribution in [-0.2, 0) is 33.4 Å². The molecule has 4 saturated carbocycles. The van der Waals surface area contributed by atoms with E-state index < -0.39 is 18.0 Å². The summed E-state index contributed by atoms with van der Waals surface area (Å²) in [6, 6.07) is 0. The lowest BCUT2D eigenvalue weighted by molar-refractivity contribution is -0.167. The first-order chi connectivity index (χ1) is 16.5. The summed E-state index contributed by atoms with van der Waals surface area (Å²) in [6.07, 6.45) is 8.18. The number of ether oxygens (including phenoxy) is 3. The molecule has 0 spiro atoms. The van der Waals surface area contributed by atoms with Crippen LogP contribution in [0.2, 0.25) is 0 Å². The molecule has 0 aromatic carbocycles. The second-order valence-electron chi connectivity index (χ2n) is 12.1. The van der Waals surface area contributed by atoms with E-state index in [1.165, 1.54) is 27.4 Å². The van der Waals surface area contributed by atoms with E-state index in [2.05, 4.69) is 13.8 Å². The highest BCUT2D eigenvalue weighted by Gasteiger charge is 2.61. The van der Waals surface area contributed by atoms with Crippen LogP contribution in [0.15, 0.2) is 0 Å². The van der Waals surface area contributed by atoms with Gasteiger partial charge >= 0.3 is 17.9 Å². The van der Waals surface area contributed by atoms with E-state index in [4.69, 9.17) is 14.2 Å². The molecular weight excluding hydrogens is 448 g/mol. The highest BCUT2D eigenvalue weighted by molar-refractivity contribution is 5.89. The molecule has 0 aromatic heterocycles. The Labute approximate surface area is 209 Å². The maximum absolute atomic E-state index is 13.5. The predicted molar refractivity (Wildman–Crippen MR) is 128 cm³/mol. The molecule has 0 saturated heterocycles. The number of rotatable bonds is 6. The van der Waals surface area contributed by atoms with Gasteiger partial charge in [-0.3, -0.25) is 14.4 Å². The van der Waals surface area contributed by atoms with Crippen LogP contribution in [0.3, 0.4) is 0 Å². The van der Waals surface area contributed by atoms with E-state index in [0.29, 0.717) is 23.7 Å². The van der Waals surface area contributed by atoms with E-state index in [0.717, 1.165) is 51.4 Å². The minimum absolute atomic E-state index is 0.0203.